The summed E-state index contributed by atoms with van der Waals surface area (Å²) in [5, 5.41) is 2.79. The van der Waals surface area contributed by atoms with Crippen LogP contribution in [0.1, 0.15) is 39.1 Å². The van der Waals surface area contributed by atoms with Gasteiger partial charge >= 0.3 is 0 Å². The van der Waals surface area contributed by atoms with Crippen molar-refractivity contribution in [2.24, 2.45) is 5.41 Å². The third kappa shape index (κ3) is 4.60. The average Bonchev–Trinajstić information content (AvgIpc) is 3.09. The van der Waals surface area contributed by atoms with Crippen LogP contribution in [0, 0.1) is 11.2 Å². The maximum atomic E-state index is 13.8. The van der Waals surface area contributed by atoms with Crippen LogP contribution in [0.5, 0.6) is 5.75 Å². The van der Waals surface area contributed by atoms with Gasteiger partial charge in [-0.3, -0.25) is 14.4 Å². The highest BCUT2D eigenvalue weighted by Crippen LogP contribution is 2.43. The molecule has 3 aromatic rings. The Balaban J connectivity index is 1.43. The first-order valence-corrected chi connectivity index (χ1v) is 12.7. The molecule has 0 aliphatic carbocycles. The number of methoxy groups -OCH3 is 1. The Labute approximate surface area is 225 Å². The Kier molecular flexibility index (Phi) is 6.84. The maximum Gasteiger partial charge on any atom is 0.258 e. The van der Waals surface area contributed by atoms with Crippen LogP contribution in [0.4, 0.5) is 15.8 Å². The molecule has 2 heterocycles. The summed E-state index contributed by atoms with van der Waals surface area (Å²) in [6, 6.07) is 16.0. The molecule has 0 radical (unpaired) electrons. The van der Waals surface area contributed by atoms with E-state index in [-0.39, 0.29) is 28.1 Å². The summed E-state index contributed by atoms with van der Waals surface area (Å²) in [4.78, 5) is 43.1. The van der Waals surface area contributed by atoms with Gasteiger partial charge < -0.3 is 19.9 Å². The van der Waals surface area contributed by atoms with Crippen LogP contribution < -0.4 is 15.0 Å². The smallest absolute Gasteiger partial charge is 0.258 e. The van der Waals surface area contributed by atoms with Gasteiger partial charge in [0.2, 0.25) is 5.91 Å². The molecular weight excluding hydrogens is 509 g/mol. The summed E-state index contributed by atoms with van der Waals surface area (Å²) in [6.07, 6.45) is 1.92. The molecule has 3 aromatic carbocycles. The zero-order chi connectivity index (χ0) is 27.0. The maximum absolute atomic E-state index is 13.8. The number of hydrogen-bond acceptors (Lipinski definition) is 4. The number of anilines is 2. The number of carbonyl (C=O) groups is 3. The van der Waals surface area contributed by atoms with E-state index in [1.807, 2.05) is 31.3 Å². The fourth-order valence-corrected chi connectivity index (χ4v) is 5.57. The Morgan fingerprint density at radius 3 is 2.55 bits per heavy atom. The van der Waals surface area contributed by atoms with E-state index in [0.717, 1.165) is 23.7 Å². The highest BCUT2D eigenvalue weighted by Gasteiger charge is 2.47. The van der Waals surface area contributed by atoms with E-state index in [0.29, 0.717) is 37.2 Å². The second-order valence-corrected chi connectivity index (χ2v) is 10.2. The van der Waals surface area contributed by atoms with E-state index in [1.165, 1.54) is 19.2 Å². The minimum absolute atomic E-state index is 0.0175. The van der Waals surface area contributed by atoms with Crippen molar-refractivity contribution >= 4 is 40.7 Å². The predicted molar refractivity (Wildman–Crippen MR) is 143 cm³/mol. The van der Waals surface area contributed by atoms with E-state index in [9.17, 15) is 18.8 Å². The number of carbonyl (C=O) groups excluding carboxylic acids is 3. The van der Waals surface area contributed by atoms with E-state index in [1.54, 1.807) is 28.0 Å². The highest BCUT2D eigenvalue weighted by molar-refractivity contribution is 6.34. The molecule has 1 saturated heterocycles. The van der Waals surface area contributed by atoms with Crippen molar-refractivity contribution in [3.63, 3.8) is 0 Å². The standard InChI is InChI=1S/C29H27ClFN3O4/c1-33-13-11-29(28(33)37)12-14-34(24-6-4-3-5-19(24)17-29)27(36)18-7-10-23(25(15-18)38-2)32-26(35)21-16-20(31)8-9-22(21)30/h3-10,15-16H,11-14,17H2,1-2H3,(H,32,35). The average molecular weight is 536 g/mol. The third-order valence-corrected chi connectivity index (χ3v) is 7.80. The van der Waals surface area contributed by atoms with Crippen molar-refractivity contribution in [1.82, 2.24) is 4.90 Å². The van der Waals surface area contributed by atoms with E-state index < -0.39 is 17.1 Å². The third-order valence-electron chi connectivity index (χ3n) is 7.47. The topological polar surface area (TPSA) is 79.0 Å². The Hall–Kier alpha value is -3.91. The van der Waals surface area contributed by atoms with E-state index in [2.05, 4.69) is 5.32 Å². The molecule has 1 atom stereocenters. The number of nitrogens with zero attached hydrogens (tertiary/aromatic N) is 2. The number of fused-ring (bicyclic) bond motifs is 1. The fourth-order valence-electron chi connectivity index (χ4n) is 5.37. The number of hydrogen-bond donors (Lipinski definition) is 1. The molecule has 0 aromatic heterocycles. The normalized spacial score (nSPS) is 18.8. The van der Waals surface area contributed by atoms with Crippen molar-refractivity contribution in [3.05, 3.63) is 88.2 Å². The van der Waals surface area contributed by atoms with Gasteiger partial charge in [-0.15, -0.1) is 0 Å². The second-order valence-electron chi connectivity index (χ2n) is 9.76. The second kappa shape index (κ2) is 10.1. The zero-order valence-corrected chi connectivity index (χ0v) is 21.8. The lowest BCUT2D eigenvalue weighted by atomic mass is 9.78. The van der Waals surface area contributed by atoms with Crippen molar-refractivity contribution in [2.75, 3.05) is 37.5 Å². The molecule has 0 saturated carbocycles. The van der Waals surface area contributed by atoms with E-state index >= 15 is 0 Å². The molecule has 1 unspecified atom stereocenters. The molecule has 5 rings (SSSR count). The number of nitrogens with one attached hydrogen (secondary N) is 1. The minimum atomic E-state index is -0.607. The van der Waals surface area contributed by atoms with Gasteiger partial charge in [-0.25, -0.2) is 4.39 Å². The summed E-state index contributed by atoms with van der Waals surface area (Å²) in [5.74, 6) is -1.04. The van der Waals surface area contributed by atoms with Crippen LogP contribution in [0.25, 0.3) is 0 Å². The van der Waals surface area contributed by atoms with E-state index in [4.69, 9.17) is 16.3 Å². The summed E-state index contributed by atoms with van der Waals surface area (Å²) in [5.41, 5.74) is 1.90. The number of benzene rings is 3. The van der Waals surface area contributed by atoms with Crippen LogP contribution in [-0.4, -0.2) is 49.9 Å². The Bertz CT molecular complexity index is 1450. The van der Waals surface area contributed by atoms with Crippen LogP contribution >= 0.6 is 11.6 Å². The molecule has 196 valence electrons. The van der Waals surface area contributed by atoms with Gasteiger partial charge in [-0.2, -0.15) is 0 Å². The van der Waals surface area contributed by atoms with Crippen molar-refractivity contribution in [2.45, 2.75) is 19.3 Å². The largest absolute Gasteiger partial charge is 0.495 e. The lowest BCUT2D eigenvalue weighted by molar-refractivity contribution is -0.135. The molecule has 38 heavy (non-hydrogen) atoms. The zero-order valence-electron chi connectivity index (χ0n) is 21.1. The van der Waals surface area contributed by atoms with Crippen molar-refractivity contribution in [1.29, 1.82) is 0 Å². The quantitative estimate of drug-likeness (QED) is 0.499. The molecule has 9 heteroatoms. The van der Waals surface area contributed by atoms with Gasteiger partial charge in [0, 0.05) is 31.4 Å². The Morgan fingerprint density at radius 2 is 1.82 bits per heavy atom. The van der Waals surface area contributed by atoms with Crippen molar-refractivity contribution in [3.8, 4) is 5.75 Å². The molecular formula is C29H27ClFN3O4. The van der Waals surface area contributed by atoms with Crippen LogP contribution in [-0.2, 0) is 11.2 Å². The molecule has 7 nitrogen and oxygen atoms in total. The number of rotatable bonds is 4. The number of para-hydroxylation sites is 1. The van der Waals surface area contributed by atoms with Gasteiger partial charge in [0.1, 0.15) is 11.6 Å². The molecule has 1 N–H and O–H groups in total. The summed E-state index contributed by atoms with van der Waals surface area (Å²) in [7, 11) is 3.26. The van der Waals surface area contributed by atoms with Gasteiger partial charge in [-0.05, 0) is 67.3 Å². The molecule has 0 bridgehead atoms. The molecule has 1 spiro atoms. The first-order chi connectivity index (χ1) is 18.2. The van der Waals surface area contributed by atoms with Gasteiger partial charge in [0.25, 0.3) is 11.8 Å². The van der Waals surface area contributed by atoms with Crippen LogP contribution in [0.2, 0.25) is 5.02 Å². The fraction of sp³-hybridized carbons (Fsp3) is 0.276. The van der Waals surface area contributed by atoms with Crippen LogP contribution in [0.15, 0.2) is 60.7 Å². The summed E-state index contributed by atoms with van der Waals surface area (Å²) < 4.78 is 19.1. The number of amides is 3. The molecule has 3 amide bonds. The Morgan fingerprint density at radius 1 is 1.05 bits per heavy atom. The van der Waals surface area contributed by atoms with Gasteiger partial charge in [0.05, 0.1) is 28.8 Å². The lowest BCUT2D eigenvalue weighted by Gasteiger charge is -2.26. The van der Waals surface area contributed by atoms with Gasteiger partial charge in [0.15, 0.2) is 0 Å². The van der Waals surface area contributed by atoms with Crippen LogP contribution in [0.3, 0.4) is 0 Å². The molecule has 1 fully saturated rings. The molecule has 2 aliphatic rings. The predicted octanol–water partition coefficient (Wildman–Crippen LogP) is 5.18. The first kappa shape index (κ1) is 25.7. The number of halogens is 2. The van der Waals surface area contributed by atoms with Crippen molar-refractivity contribution < 1.29 is 23.5 Å². The first-order valence-electron chi connectivity index (χ1n) is 12.3. The monoisotopic (exact) mass is 535 g/mol. The highest BCUT2D eigenvalue weighted by atomic mass is 35.5. The number of likely N-dealkylation sites (tertiary alicyclic amines) is 1. The SMILES string of the molecule is COc1cc(C(=O)N2CCC3(CCN(C)C3=O)Cc3ccccc32)ccc1NC(=O)c1cc(F)ccc1Cl. The molecule has 2 aliphatic heterocycles. The summed E-state index contributed by atoms with van der Waals surface area (Å²) >= 11 is 6.07. The summed E-state index contributed by atoms with van der Waals surface area (Å²) in [6.45, 7) is 1.11. The van der Waals surface area contributed by atoms with Gasteiger partial charge in [-0.1, -0.05) is 29.8 Å². The lowest BCUT2D eigenvalue weighted by Crippen LogP contribution is -2.37. The number of ether oxygens (including phenoxy) is 1. The minimum Gasteiger partial charge on any atom is -0.495 e.